The van der Waals surface area contributed by atoms with Gasteiger partial charge in [0.1, 0.15) is 5.72 Å². The zero-order valence-corrected chi connectivity index (χ0v) is 7.37. The normalized spacial score (nSPS) is 42.0. The molecule has 0 aliphatic carbocycles. The van der Waals surface area contributed by atoms with E-state index in [1.807, 2.05) is 0 Å². The van der Waals surface area contributed by atoms with E-state index in [4.69, 9.17) is 5.11 Å². The van der Waals surface area contributed by atoms with Crippen LogP contribution in [0.25, 0.3) is 0 Å². The van der Waals surface area contributed by atoms with E-state index in [9.17, 15) is 5.11 Å². The maximum Gasteiger partial charge on any atom is 0.118 e. The monoisotopic (exact) mass is 171 g/mol. The van der Waals surface area contributed by atoms with Crippen molar-refractivity contribution in [1.82, 2.24) is 4.90 Å². The van der Waals surface area contributed by atoms with Crippen molar-refractivity contribution in [2.24, 2.45) is 0 Å². The maximum absolute atomic E-state index is 10.1. The molecule has 0 aromatic carbocycles. The molecule has 0 radical (unpaired) electrons. The largest absolute Gasteiger partial charge is 0.395 e. The predicted octanol–water partition coefficient (Wildman–Crippen LogP) is 0.316. The standard InChI is InChI=1S/C9H17NO2/c11-7-6-10-8-2-1-4-9(10,12)5-3-8/h8,11-12H,1-7H2. The lowest BCUT2D eigenvalue weighted by molar-refractivity contribution is -0.122. The van der Waals surface area contributed by atoms with Gasteiger partial charge in [0.05, 0.1) is 6.61 Å². The smallest absolute Gasteiger partial charge is 0.118 e. The van der Waals surface area contributed by atoms with E-state index in [-0.39, 0.29) is 6.61 Å². The summed E-state index contributed by atoms with van der Waals surface area (Å²) < 4.78 is 0. The number of nitrogens with zero attached hydrogens (tertiary/aromatic N) is 1. The van der Waals surface area contributed by atoms with Gasteiger partial charge in [-0.25, -0.2) is 0 Å². The summed E-state index contributed by atoms with van der Waals surface area (Å²) in [6.07, 6.45) is 5.24. The van der Waals surface area contributed by atoms with Gasteiger partial charge in [0.25, 0.3) is 0 Å². The average molecular weight is 171 g/mol. The molecule has 3 nitrogen and oxygen atoms in total. The Morgan fingerprint density at radius 1 is 1.33 bits per heavy atom. The number of piperidine rings is 1. The van der Waals surface area contributed by atoms with E-state index in [0.717, 1.165) is 25.7 Å². The number of rotatable bonds is 2. The molecule has 2 bridgehead atoms. The quantitative estimate of drug-likeness (QED) is 0.628. The van der Waals surface area contributed by atoms with Crippen LogP contribution in [0.15, 0.2) is 0 Å². The van der Waals surface area contributed by atoms with Crippen LogP contribution in [0.4, 0.5) is 0 Å². The number of fused-ring (bicyclic) bond motifs is 2. The van der Waals surface area contributed by atoms with Gasteiger partial charge in [0.15, 0.2) is 0 Å². The predicted molar refractivity (Wildman–Crippen MR) is 45.6 cm³/mol. The Morgan fingerprint density at radius 3 is 2.83 bits per heavy atom. The molecule has 0 spiro atoms. The molecule has 0 amide bonds. The fraction of sp³-hybridized carbons (Fsp3) is 1.00. The molecule has 0 saturated carbocycles. The molecule has 0 aromatic heterocycles. The molecular weight excluding hydrogens is 154 g/mol. The van der Waals surface area contributed by atoms with Gasteiger partial charge < -0.3 is 10.2 Å². The molecule has 2 aliphatic heterocycles. The first kappa shape index (κ1) is 8.48. The zero-order chi connectivity index (χ0) is 8.60. The number of hydrogen-bond donors (Lipinski definition) is 2. The highest BCUT2D eigenvalue weighted by molar-refractivity contribution is 4.96. The van der Waals surface area contributed by atoms with Crippen molar-refractivity contribution in [1.29, 1.82) is 0 Å². The van der Waals surface area contributed by atoms with Gasteiger partial charge in [-0.1, -0.05) is 0 Å². The SMILES string of the molecule is OCCN1C2CCCC1(O)CC2. The van der Waals surface area contributed by atoms with Gasteiger partial charge in [-0.05, 0) is 32.1 Å². The molecular formula is C9H17NO2. The van der Waals surface area contributed by atoms with E-state index < -0.39 is 5.72 Å². The fourth-order valence-electron chi connectivity index (χ4n) is 2.73. The van der Waals surface area contributed by atoms with Crippen LogP contribution in [-0.4, -0.2) is 40.0 Å². The summed E-state index contributed by atoms with van der Waals surface area (Å²) in [7, 11) is 0. The highest BCUT2D eigenvalue weighted by atomic mass is 16.3. The van der Waals surface area contributed by atoms with Crippen molar-refractivity contribution in [3.63, 3.8) is 0 Å². The molecule has 2 unspecified atom stereocenters. The Balaban J connectivity index is 2.10. The van der Waals surface area contributed by atoms with Crippen molar-refractivity contribution in [3.8, 4) is 0 Å². The molecule has 70 valence electrons. The molecule has 12 heavy (non-hydrogen) atoms. The van der Waals surface area contributed by atoms with E-state index in [1.54, 1.807) is 0 Å². The molecule has 2 rings (SSSR count). The van der Waals surface area contributed by atoms with Gasteiger partial charge in [0, 0.05) is 12.6 Å². The first-order valence-corrected chi connectivity index (χ1v) is 4.86. The molecule has 0 aromatic rings. The second-order valence-electron chi connectivity index (χ2n) is 3.98. The zero-order valence-electron chi connectivity index (χ0n) is 7.37. The third-order valence-corrected chi connectivity index (χ3v) is 3.31. The van der Waals surface area contributed by atoms with Gasteiger partial charge in [-0.15, -0.1) is 0 Å². The van der Waals surface area contributed by atoms with Gasteiger partial charge in [0.2, 0.25) is 0 Å². The Hall–Kier alpha value is -0.120. The first-order chi connectivity index (χ1) is 5.76. The maximum atomic E-state index is 10.1. The van der Waals surface area contributed by atoms with Crippen LogP contribution in [0.3, 0.4) is 0 Å². The minimum Gasteiger partial charge on any atom is -0.395 e. The van der Waals surface area contributed by atoms with Gasteiger partial charge in [-0.2, -0.15) is 0 Å². The van der Waals surface area contributed by atoms with E-state index in [0.29, 0.717) is 12.6 Å². The Bertz CT molecular complexity index is 170. The summed E-state index contributed by atoms with van der Waals surface area (Å²) in [5, 5.41) is 19.0. The van der Waals surface area contributed by atoms with Crippen LogP contribution < -0.4 is 0 Å². The highest BCUT2D eigenvalue weighted by Crippen LogP contribution is 2.41. The number of hydrogen-bond acceptors (Lipinski definition) is 3. The van der Waals surface area contributed by atoms with Crippen molar-refractivity contribution >= 4 is 0 Å². The number of aliphatic hydroxyl groups is 2. The molecule has 2 N–H and O–H groups in total. The lowest BCUT2D eigenvalue weighted by atomic mass is 10.00. The molecule has 2 atom stereocenters. The number of aliphatic hydroxyl groups excluding tert-OH is 1. The topological polar surface area (TPSA) is 43.7 Å². The van der Waals surface area contributed by atoms with Crippen LogP contribution in [0.5, 0.6) is 0 Å². The van der Waals surface area contributed by atoms with Gasteiger partial charge >= 0.3 is 0 Å². The van der Waals surface area contributed by atoms with Gasteiger partial charge in [-0.3, -0.25) is 4.90 Å². The van der Waals surface area contributed by atoms with Crippen LogP contribution in [0.2, 0.25) is 0 Å². The Kier molecular flexibility index (Phi) is 2.10. The Morgan fingerprint density at radius 2 is 2.17 bits per heavy atom. The second kappa shape index (κ2) is 2.98. The van der Waals surface area contributed by atoms with Crippen LogP contribution >= 0.6 is 0 Å². The molecule has 2 aliphatic rings. The van der Waals surface area contributed by atoms with Crippen molar-refractivity contribution < 1.29 is 10.2 Å². The van der Waals surface area contributed by atoms with E-state index in [2.05, 4.69) is 4.90 Å². The summed E-state index contributed by atoms with van der Waals surface area (Å²) in [4.78, 5) is 2.09. The summed E-state index contributed by atoms with van der Waals surface area (Å²) >= 11 is 0. The van der Waals surface area contributed by atoms with Crippen molar-refractivity contribution in [3.05, 3.63) is 0 Å². The lowest BCUT2D eigenvalue weighted by Gasteiger charge is -2.40. The third kappa shape index (κ3) is 1.16. The van der Waals surface area contributed by atoms with Crippen LogP contribution in [0, 0.1) is 0 Å². The summed E-state index contributed by atoms with van der Waals surface area (Å²) in [6, 6.07) is 0.538. The summed E-state index contributed by atoms with van der Waals surface area (Å²) in [6.45, 7) is 0.806. The van der Waals surface area contributed by atoms with Crippen molar-refractivity contribution in [2.75, 3.05) is 13.2 Å². The molecule has 3 heteroatoms. The van der Waals surface area contributed by atoms with Crippen molar-refractivity contribution in [2.45, 2.75) is 43.9 Å². The highest BCUT2D eigenvalue weighted by Gasteiger charge is 2.46. The Labute approximate surface area is 73.0 Å². The minimum absolute atomic E-state index is 0.165. The minimum atomic E-state index is -0.564. The second-order valence-corrected chi connectivity index (χ2v) is 3.98. The molecule has 2 heterocycles. The fourth-order valence-corrected chi connectivity index (χ4v) is 2.73. The van der Waals surface area contributed by atoms with Crippen LogP contribution in [-0.2, 0) is 0 Å². The molecule has 2 fully saturated rings. The summed E-state index contributed by atoms with van der Waals surface area (Å²) in [5.74, 6) is 0. The van der Waals surface area contributed by atoms with E-state index in [1.165, 1.54) is 6.42 Å². The average Bonchev–Trinajstić information content (AvgIpc) is 2.27. The molecule has 2 saturated heterocycles. The first-order valence-electron chi connectivity index (χ1n) is 4.86. The lowest BCUT2D eigenvalue weighted by Crippen LogP contribution is -2.51. The van der Waals surface area contributed by atoms with E-state index >= 15 is 0 Å². The third-order valence-electron chi connectivity index (χ3n) is 3.31. The van der Waals surface area contributed by atoms with Crippen LogP contribution in [0.1, 0.15) is 32.1 Å². The summed E-state index contributed by atoms with van der Waals surface area (Å²) in [5.41, 5.74) is -0.564.